The lowest BCUT2D eigenvalue weighted by Gasteiger charge is -2.58. The summed E-state index contributed by atoms with van der Waals surface area (Å²) in [5, 5.41) is 10.6. The number of ether oxygens (including phenoxy) is 2. The highest BCUT2D eigenvalue weighted by Gasteiger charge is 2.59. The second-order valence-corrected chi connectivity index (χ2v) is 9.65. The summed E-state index contributed by atoms with van der Waals surface area (Å²) in [4.78, 5) is 0. The summed E-state index contributed by atoms with van der Waals surface area (Å²) in [5.41, 5.74) is 2.13. The maximum Gasteiger partial charge on any atom is 0.188 e. The van der Waals surface area contributed by atoms with Crippen molar-refractivity contribution in [2.75, 3.05) is 13.2 Å². The van der Waals surface area contributed by atoms with Gasteiger partial charge in [0.1, 0.15) is 0 Å². The Balaban J connectivity index is 1.47. The van der Waals surface area contributed by atoms with Crippen LogP contribution < -0.4 is 0 Å². The summed E-state index contributed by atoms with van der Waals surface area (Å²) in [6, 6.07) is 0. The average molecular weight is 332 g/mol. The van der Waals surface area contributed by atoms with Gasteiger partial charge in [-0.25, -0.2) is 0 Å². The lowest BCUT2D eigenvalue weighted by atomic mass is 9.47. The van der Waals surface area contributed by atoms with Gasteiger partial charge in [-0.05, 0) is 79.6 Å². The SMILES string of the molecule is C[C@]12CC[C@@H]3[C@H](CCC4=CC5(CC[C@@]43C)OCCO5)[C@H]1CC[C@@H]2O. The van der Waals surface area contributed by atoms with Crippen LogP contribution in [-0.2, 0) is 9.47 Å². The molecule has 1 aliphatic heterocycles. The van der Waals surface area contributed by atoms with Gasteiger partial charge in [0.2, 0.25) is 0 Å². The molecule has 1 saturated heterocycles. The summed E-state index contributed by atoms with van der Waals surface area (Å²) < 4.78 is 12.0. The van der Waals surface area contributed by atoms with E-state index in [4.69, 9.17) is 9.47 Å². The molecule has 0 unspecified atom stereocenters. The molecule has 0 amide bonds. The van der Waals surface area contributed by atoms with Crippen LogP contribution in [0, 0.1) is 28.6 Å². The smallest absolute Gasteiger partial charge is 0.188 e. The lowest BCUT2D eigenvalue weighted by Crippen LogP contribution is -2.52. The van der Waals surface area contributed by atoms with E-state index in [1.807, 2.05) is 0 Å². The van der Waals surface area contributed by atoms with Crippen molar-refractivity contribution >= 4 is 0 Å². The minimum Gasteiger partial charge on any atom is -0.393 e. The number of fused-ring (bicyclic) bond motifs is 5. The van der Waals surface area contributed by atoms with E-state index in [1.165, 1.54) is 38.5 Å². The van der Waals surface area contributed by atoms with Gasteiger partial charge in [0, 0.05) is 6.42 Å². The Kier molecular flexibility index (Phi) is 3.35. The van der Waals surface area contributed by atoms with Crippen LogP contribution in [0.3, 0.4) is 0 Å². The largest absolute Gasteiger partial charge is 0.393 e. The van der Waals surface area contributed by atoms with Gasteiger partial charge in [-0.3, -0.25) is 0 Å². The second kappa shape index (κ2) is 5.08. The molecule has 3 nitrogen and oxygen atoms in total. The first-order valence-corrected chi connectivity index (χ1v) is 10.2. The van der Waals surface area contributed by atoms with Crippen LogP contribution in [-0.4, -0.2) is 30.2 Å². The molecule has 4 aliphatic carbocycles. The predicted molar refractivity (Wildman–Crippen MR) is 92.3 cm³/mol. The molecule has 24 heavy (non-hydrogen) atoms. The number of rotatable bonds is 0. The average Bonchev–Trinajstić information content (AvgIpc) is 3.14. The number of aliphatic hydroxyl groups is 1. The van der Waals surface area contributed by atoms with Crippen LogP contribution >= 0.6 is 0 Å². The standard InChI is InChI=1S/C21H32O3/c1-19-9-10-21(23-11-12-24-21)13-14(19)3-4-15-16-5-6-18(22)20(16,2)8-7-17(15)19/h13,15-18,22H,3-12H2,1-2H3/t15-,16-,17-,18+,19+,20+/m1/s1. The Labute approximate surface area is 145 Å². The summed E-state index contributed by atoms with van der Waals surface area (Å²) in [7, 11) is 0. The van der Waals surface area contributed by atoms with Crippen LogP contribution in [0.15, 0.2) is 11.6 Å². The Morgan fingerprint density at radius 1 is 0.958 bits per heavy atom. The third kappa shape index (κ3) is 1.95. The van der Waals surface area contributed by atoms with E-state index in [9.17, 15) is 5.11 Å². The van der Waals surface area contributed by atoms with Crippen LogP contribution in [0.5, 0.6) is 0 Å². The van der Waals surface area contributed by atoms with E-state index in [1.54, 1.807) is 5.57 Å². The highest BCUT2D eigenvalue weighted by Crippen LogP contribution is 2.66. The predicted octanol–water partition coefficient (Wildman–Crippen LogP) is 4.05. The van der Waals surface area contributed by atoms with Crippen molar-refractivity contribution in [1.29, 1.82) is 0 Å². The number of allylic oxidation sites excluding steroid dienone is 1. The molecule has 5 aliphatic rings. The Morgan fingerprint density at radius 3 is 2.54 bits per heavy atom. The molecule has 3 saturated carbocycles. The maximum atomic E-state index is 10.6. The summed E-state index contributed by atoms with van der Waals surface area (Å²) in [5.74, 6) is 1.94. The van der Waals surface area contributed by atoms with Crippen molar-refractivity contribution in [3.63, 3.8) is 0 Å². The van der Waals surface area contributed by atoms with E-state index in [0.29, 0.717) is 5.41 Å². The van der Waals surface area contributed by atoms with E-state index in [0.717, 1.165) is 43.8 Å². The van der Waals surface area contributed by atoms with Gasteiger partial charge in [-0.15, -0.1) is 0 Å². The first-order chi connectivity index (χ1) is 11.5. The van der Waals surface area contributed by atoms with Gasteiger partial charge in [0.15, 0.2) is 5.79 Å². The van der Waals surface area contributed by atoms with Crippen molar-refractivity contribution in [2.24, 2.45) is 28.6 Å². The van der Waals surface area contributed by atoms with E-state index >= 15 is 0 Å². The van der Waals surface area contributed by atoms with Crippen molar-refractivity contribution in [3.8, 4) is 0 Å². The molecule has 0 aromatic rings. The second-order valence-electron chi connectivity index (χ2n) is 9.65. The molecular formula is C21H32O3. The monoisotopic (exact) mass is 332 g/mol. The molecule has 6 atom stereocenters. The zero-order chi connectivity index (χ0) is 16.6. The van der Waals surface area contributed by atoms with Gasteiger partial charge in [-0.2, -0.15) is 0 Å². The van der Waals surface area contributed by atoms with E-state index in [-0.39, 0.29) is 11.5 Å². The van der Waals surface area contributed by atoms with Gasteiger partial charge in [0.25, 0.3) is 0 Å². The van der Waals surface area contributed by atoms with Gasteiger partial charge < -0.3 is 14.6 Å². The third-order valence-electron chi connectivity index (χ3n) is 8.85. The Bertz CT molecular complexity index is 563. The third-order valence-corrected chi connectivity index (χ3v) is 8.85. The normalized spacial score (nSPS) is 52.5. The fourth-order valence-electron chi connectivity index (χ4n) is 7.35. The summed E-state index contributed by atoms with van der Waals surface area (Å²) in [6.45, 7) is 6.37. The van der Waals surface area contributed by atoms with Gasteiger partial charge >= 0.3 is 0 Å². The molecule has 0 bridgehead atoms. The van der Waals surface area contributed by atoms with Crippen molar-refractivity contribution < 1.29 is 14.6 Å². The highest BCUT2D eigenvalue weighted by molar-refractivity contribution is 5.27. The van der Waals surface area contributed by atoms with Crippen molar-refractivity contribution in [2.45, 2.75) is 77.1 Å². The Hall–Kier alpha value is -0.380. The Morgan fingerprint density at radius 2 is 1.75 bits per heavy atom. The first-order valence-electron chi connectivity index (χ1n) is 10.2. The molecule has 1 spiro atoms. The van der Waals surface area contributed by atoms with Gasteiger partial charge in [0.05, 0.1) is 19.3 Å². The number of hydrogen-bond donors (Lipinski definition) is 1. The van der Waals surface area contributed by atoms with Crippen LogP contribution in [0.1, 0.15) is 65.2 Å². The minimum absolute atomic E-state index is 0.0666. The minimum atomic E-state index is -0.394. The fourth-order valence-corrected chi connectivity index (χ4v) is 7.35. The lowest BCUT2D eigenvalue weighted by molar-refractivity contribution is -0.145. The summed E-state index contributed by atoms with van der Waals surface area (Å²) in [6.07, 6.45) is 11.8. The molecule has 134 valence electrons. The molecule has 0 radical (unpaired) electrons. The van der Waals surface area contributed by atoms with Crippen LogP contribution in [0.25, 0.3) is 0 Å². The molecular weight excluding hydrogens is 300 g/mol. The number of hydrogen-bond acceptors (Lipinski definition) is 3. The zero-order valence-electron chi connectivity index (χ0n) is 15.2. The molecule has 3 heteroatoms. The van der Waals surface area contributed by atoms with Crippen LogP contribution in [0.2, 0.25) is 0 Å². The van der Waals surface area contributed by atoms with Crippen molar-refractivity contribution in [3.05, 3.63) is 11.6 Å². The molecule has 5 rings (SSSR count). The molecule has 0 aromatic heterocycles. The topological polar surface area (TPSA) is 38.7 Å². The van der Waals surface area contributed by atoms with E-state index in [2.05, 4.69) is 19.9 Å². The summed E-state index contributed by atoms with van der Waals surface area (Å²) >= 11 is 0. The quantitative estimate of drug-likeness (QED) is 0.680. The molecule has 1 heterocycles. The maximum absolute atomic E-state index is 10.6. The van der Waals surface area contributed by atoms with Gasteiger partial charge in [-0.1, -0.05) is 19.4 Å². The van der Waals surface area contributed by atoms with E-state index < -0.39 is 5.79 Å². The molecule has 1 N–H and O–H groups in total. The van der Waals surface area contributed by atoms with Crippen LogP contribution in [0.4, 0.5) is 0 Å². The molecule has 0 aromatic carbocycles. The fraction of sp³-hybridized carbons (Fsp3) is 0.905. The zero-order valence-corrected chi connectivity index (χ0v) is 15.2. The van der Waals surface area contributed by atoms with Crippen molar-refractivity contribution in [1.82, 2.24) is 0 Å². The first kappa shape index (κ1) is 15.8. The highest BCUT2D eigenvalue weighted by atomic mass is 16.7. The number of aliphatic hydroxyl groups excluding tert-OH is 1. The molecule has 4 fully saturated rings.